The van der Waals surface area contributed by atoms with Gasteiger partial charge in [-0.05, 0) is 30.5 Å². The van der Waals surface area contributed by atoms with Gasteiger partial charge in [0.1, 0.15) is 16.4 Å². The van der Waals surface area contributed by atoms with Crippen LogP contribution in [-0.2, 0) is 11.2 Å². The highest BCUT2D eigenvalue weighted by Crippen LogP contribution is 2.29. The fourth-order valence-electron chi connectivity index (χ4n) is 2.80. The molecule has 0 aliphatic heterocycles. The highest BCUT2D eigenvalue weighted by molar-refractivity contribution is 7.20. The van der Waals surface area contributed by atoms with Gasteiger partial charge >= 0.3 is 0 Å². The molecule has 1 unspecified atom stereocenters. The second-order valence-corrected chi connectivity index (χ2v) is 7.97. The Hall–Kier alpha value is -2.44. The minimum Gasteiger partial charge on any atom is -0.459 e. The smallest absolute Gasteiger partial charge is 0.228 e. The molecule has 0 saturated heterocycles. The lowest BCUT2D eigenvalue weighted by Crippen LogP contribution is -2.30. The molecule has 1 atom stereocenters. The first kappa shape index (κ1) is 17.0. The lowest BCUT2D eigenvalue weighted by molar-refractivity contribution is -0.131. The van der Waals surface area contributed by atoms with Crippen molar-refractivity contribution in [3.63, 3.8) is 0 Å². The number of thiazole rings is 1. The molecule has 132 valence electrons. The first-order chi connectivity index (χ1) is 12.6. The average Bonchev–Trinajstić information content (AvgIpc) is 3.39. The summed E-state index contributed by atoms with van der Waals surface area (Å²) in [5, 5.41) is 6.02. The van der Waals surface area contributed by atoms with E-state index in [-0.39, 0.29) is 11.9 Å². The van der Waals surface area contributed by atoms with E-state index in [9.17, 15) is 4.79 Å². The second kappa shape index (κ2) is 7.05. The van der Waals surface area contributed by atoms with Crippen LogP contribution in [0.25, 0.3) is 20.9 Å². The lowest BCUT2D eigenvalue weighted by atomic mass is 10.2. The molecule has 3 heterocycles. The van der Waals surface area contributed by atoms with Crippen molar-refractivity contribution in [2.75, 3.05) is 7.05 Å². The summed E-state index contributed by atoms with van der Waals surface area (Å²) < 4.78 is 5.90. The number of amides is 1. The third-order valence-corrected chi connectivity index (χ3v) is 6.38. The summed E-state index contributed by atoms with van der Waals surface area (Å²) in [5.41, 5.74) is 1.65. The monoisotopic (exact) mass is 382 g/mol. The Balaban J connectivity index is 1.47. The molecule has 0 N–H and O–H groups in total. The number of carbonyl (C=O) groups excluding carboxylic acids is 1. The number of hydrogen-bond donors (Lipinski definition) is 0. The fourth-order valence-corrected chi connectivity index (χ4v) is 4.43. The molecule has 26 heavy (non-hydrogen) atoms. The zero-order valence-corrected chi connectivity index (χ0v) is 16.1. The number of para-hydroxylation sites is 1. The summed E-state index contributed by atoms with van der Waals surface area (Å²) in [7, 11) is 1.81. The Kier molecular flexibility index (Phi) is 4.61. The predicted octanol–water partition coefficient (Wildman–Crippen LogP) is 5.38. The number of benzene rings is 1. The van der Waals surface area contributed by atoms with E-state index >= 15 is 0 Å². The molecule has 0 aliphatic carbocycles. The molecule has 0 bridgehead atoms. The topological polar surface area (TPSA) is 46.3 Å². The Morgan fingerprint density at radius 1 is 1.23 bits per heavy atom. The van der Waals surface area contributed by atoms with Crippen LogP contribution in [0.3, 0.4) is 0 Å². The standard InChI is InChI=1S/C20H18N2O2S2/c1-13(17-10-14-6-3-4-7-16(14)24-17)22(2)19(23)11-15-12-26-20(21-15)18-8-5-9-25-18/h3-10,12-13H,11H2,1-2H3. The van der Waals surface area contributed by atoms with Crippen LogP contribution in [-0.4, -0.2) is 22.8 Å². The molecule has 0 radical (unpaired) electrons. The van der Waals surface area contributed by atoms with E-state index in [0.717, 1.165) is 32.3 Å². The first-order valence-electron chi connectivity index (χ1n) is 8.34. The highest BCUT2D eigenvalue weighted by atomic mass is 32.1. The molecule has 1 amide bonds. The Morgan fingerprint density at radius 2 is 2.08 bits per heavy atom. The Bertz CT molecular complexity index is 1000. The van der Waals surface area contributed by atoms with E-state index in [1.165, 1.54) is 0 Å². The van der Waals surface area contributed by atoms with Gasteiger partial charge in [0.05, 0.1) is 23.0 Å². The molecule has 3 aromatic heterocycles. The molecule has 4 nitrogen and oxygen atoms in total. The number of aromatic nitrogens is 1. The normalized spacial score (nSPS) is 12.4. The second-order valence-electron chi connectivity index (χ2n) is 6.17. The van der Waals surface area contributed by atoms with Crippen molar-refractivity contribution in [1.82, 2.24) is 9.88 Å². The van der Waals surface area contributed by atoms with E-state index < -0.39 is 0 Å². The number of carbonyl (C=O) groups is 1. The molecule has 0 fully saturated rings. The van der Waals surface area contributed by atoms with Crippen LogP contribution < -0.4 is 0 Å². The van der Waals surface area contributed by atoms with Gasteiger partial charge < -0.3 is 9.32 Å². The van der Waals surface area contributed by atoms with Gasteiger partial charge in [-0.1, -0.05) is 24.3 Å². The molecule has 4 aromatic rings. The van der Waals surface area contributed by atoms with E-state index in [1.54, 1.807) is 27.6 Å². The maximum absolute atomic E-state index is 12.7. The van der Waals surface area contributed by atoms with Crippen molar-refractivity contribution in [1.29, 1.82) is 0 Å². The number of fused-ring (bicyclic) bond motifs is 1. The summed E-state index contributed by atoms with van der Waals surface area (Å²) in [6.07, 6.45) is 0.295. The van der Waals surface area contributed by atoms with Crippen LogP contribution in [0.5, 0.6) is 0 Å². The zero-order valence-electron chi connectivity index (χ0n) is 14.5. The summed E-state index contributed by atoms with van der Waals surface area (Å²) in [5.74, 6) is 0.820. The number of rotatable bonds is 5. The highest BCUT2D eigenvalue weighted by Gasteiger charge is 2.21. The van der Waals surface area contributed by atoms with Crippen molar-refractivity contribution < 1.29 is 9.21 Å². The third-order valence-electron chi connectivity index (χ3n) is 4.45. The minimum atomic E-state index is -0.134. The van der Waals surface area contributed by atoms with E-state index in [4.69, 9.17) is 4.42 Å². The van der Waals surface area contributed by atoms with E-state index in [0.29, 0.717) is 6.42 Å². The van der Waals surface area contributed by atoms with Crippen molar-refractivity contribution in [3.05, 3.63) is 64.7 Å². The predicted molar refractivity (Wildman–Crippen MR) is 107 cm³/mol. The van der Waals surface area contributed by atoms with Crippen molar-refractivity contribution in [2.24, 2.45) is 0 Å². The van der Waals surface area contributed by atoms with Gasteiger partial charge in [0.25, 0.3) is 0 Å². The van der Waals surface area contributed by atoms with Crippen LogP contribution in [0, 0.1) is 0 Å². The van der Waals surface area contributed by atoms with Gasteiger partial charge in [0, 0.05) is 17.8 Å². The number of furan rings is 1. The van der Waals surface area contributed by atoms with Gasteiger partial charge in [0.15, 0.2) is 0 Å². The fraction of sp³-hybridized carbons (Fsp3) is 0.200. The SMILES string of the molecule is CC(c1cc2ccccc2o1)N(C)C(=O)Cc1csc(-c2cccs2)n1. The van der Waals surface area contributed by atoms with Gasteiger partial charge in [-0.3, -0.25) is 4.79 Å². The first-order valence-corrected chi connectivity index (χ1v) is 10.1. The maximum atomic E-state index is 12.7. The average molecular weight is 383 g/mol. The Morgan fingerprint density at radius 3 is 2.85 bits per heavy atom. The zero-order chi connectivity index (χ0) is 18.1. The molecule has 0 aliphatic rings. The minimum absolute atomic E-state index is 0.0287. The lowest BCUT2D eigenvalue weighted by Gasteiger charge is -2.23. The number of likely N-dealkylation sites (N-methyl/N-ethyl adjacent to an activating group) is 1. The van der Waals surface area contributed by atoms with Crippen LogP contribution >= 0.6 is 22.7 Å². The molecule has 6 heteroatoms. The Labute approximate surface area is 159 Å². The summed E-state index contributed by atoms with van der Waals surface area (Å²) in [6.45, 7) is 1.98. The van der Waals surface area contributed by atoms with Crippen molar-refractivity contribution in [3.8, 4) is 9.88 Å². The number of thiophene rings is 1. The number of hydrogen-bond acceptors (Lipinski definition) is 5. The van der Waals surface area contributed by atoms with Gasteiger partial charge in [-0.2, -0.15) is 0 Å². The quantitative estimate of drug-likeness (QED) is 0.465. The molecular formula is C20H18N2O2S2. The van der Waals surface area contributed by atoms with Crippen LogP contribution in [0.4, 0.5) is 0 Å². The van der Waals surface area contributed by atoms with Crippen LogP contribution in [0.15, 0.2) is 57.6 Å². The van der Waals surface area contributed by atoms with Gasteiger partial charge in [0.2, 0.25) is 5.91 Å². The van der Waals surface area contributed by atoms with Gasteiger partial charge in [-0.15, -0.1) is 22.7 Å². The molecule has 1 aromatic carbocycles. The van der Waals surface area contributed by atoms with Crippen molar-refractivity contribution >= 4 is 39.5 Å². The largest absolute Gasteiger partial charge is 0.459 e. The van der Waals surface area contributed by atoms with Gasteiger partial charge in [-0.25, -0.2) is 4.98 Å². The van der Waals surface area contributed by atoms with Crippen LogP contribution in [0.1, 0.15) is 24.4 Å². The maximum Gasteiger partial charge on any atom is 0.228 e. The van der Waals surface area contributed by atoms with Crippen molar-refractivity contribution in [2.45, 2.75) is 19.4 Å². The molecule has 4 rings (SSSR count). The van der Waals surface area contributed by atoms with E-state index in [1.807, 2.05) is 67.2 Å². The molecular weight excluding hydrogens is 364 g/mol. The summed E-state index contributed by atoms with van der Waals surface area (Å²) in [6, 6.07) is 13.8. The number of nitrogens with zero attached hydrogens (tertiary/aromatic N) is 2. The molecule has 0 spiro atoms. The summed E-state index contributed by atoms with van der Waals surface area (Å²) in [4.78, 5) is 20.2. The summed E-state index contributed by atoms with van der Waals surface area (Å²) >= 11 is 3.24. The van der Waals surface area contributed by atoms with Crippen LogP contribution in [0.2, 0.25) is 0 Å². The van der Waals surface area contributed by atoms with E-state index in [2.05, 4.69) is 4.98 Å². The third kappa shape index (κ3) is 3.30. The molecule has 0 saturated carbocycles.